The summed E-state index contributed by atoms with van der Waals surface area (Å²) in [5.41, 5.74) is -0.0115. The zero-order valence-corrected chi connectivity index (χ0v) is 9.63. The van der Waals surface area contributed by atoms with Gasteiger partial charge in [0.1, 0.15) is 5.75 Å². The first-order valence-electron chi connectivity index (χ1n) is 5.64. The third kappa shape index (κ3) is 3.61. The van der Waals surface area contributed by atoms with Crippen molar-refractivity contribution in [3.63, 3.8) is 0 Å². The van der Waals surface area contributed by atoms with Crippen LogP contribution in [0.4, 0.5) is 13.2 Å². The Morgan fingerprint density at radius 1 is 1.28 bits per heavy atom. The van der Waals surface area contributed by atoms with Crippen molar-refractivity contribution in [1.82, 2.24) is 5.32 Å². The van der Waals surface area contributed by atoms with Crippen molar-refractivity contribution >= 4 is 0 Å². The van der Waals surface area contributed by atoms with Crippen molar-refractivity contribution in [2.24, 2.45) is 0 Å². The van der Waals surface area contributed by atoms with Crippen LogP contribution in [-0.4, -0.2) is 30.2 Å². The molecule has 1 aromatic carbocycles. The topological polar surface area (TPSA) is 41.5 Å². The highest BCUT2D eigenvalue weighted by Gasteiger charge is 2.32. The van der Waals surface area contributed by atoms with Crippen LogP contribution in [0.3, 0.4) is 0 Å². The molecule has 2 rings (SSSR count). The number of benzene rings is 1. The molecule has 2 N–H and O–H groups in total. The molecule has 0 bridgehead atoms. The molecule has 1 saturated heterocycles. The Labute approximate surface area is 103 Å². The Kier molecular flexibility index (Phi) is 3.49. The van der Waals surface area contributed by atoms with Crippen molar-refractivity contribution < 1.29 is 23.0 Å². The third-order valence-electron chi connectivity index (χ3n) is 2.91. The van der Waals surface area contributed by atoms with Gasteiger partial charge in [0.05, 0.1) is 5.60 Å². The maximum atomic E-state index is 12.0. The molecule has 1 aromatic rings. The van der Waals surface area contributed by atoms with Crippen molar-refractivity contribution in [3.05, 3.63) is 29.8 Å². The predicted octanol–water partition coefficient (Wildman–Crippen LogP) is 1.85. The average molecular weight is 261 g/mol. The number of β-amino-alcohol motifs (C(OH)–C–C–N with tert-alkyl or cyclic N) is 1. The van der Waals surface area contributed by atoms with E-state index in [1.165, 1.54) is 24.3 Å². The van der Waals surface area contributed by atoms with Gasteiger partial charge in [0.2, 0.25) is 0 Å². The van der Waals surface area contributed by atoms with Gasteiger partial charge in [0.15, 0.2) is 0 Å². The fourth-order valence-electron chi connectivity index (χ4n) is 2.07. The molecule has 18 heavy (non-hydrogen) atoms. The van der Waals surface area contributed by atoms with Gasteiger partial charge in [0.25, 0.3) is 0 Å². The number of alkyl halides is 3. The van der Waals surface area contributed by atoms with Gasteiger partial charge >= 0.3 is 6.36 Å². The molecule has 0 spiro atoms. The van der Waals surface area contributed by atoms with Crippen LogP contribution in [-0.2, 0) is 6.42 Å². The van der Waals surface area contributed by atoms with Gasteiger partial charge in [-0.3, -0.25) is 0 Å². The summed E-state index contributed by atoms with van der Waals surface area (Å²) in [7, 11) is 0. The molecule has 1 fully saturated rings. The molecule has 1 aliphatic rings. The minimum absolute atomic E-state index is 0.247. The van der Waals surface area contributed by atoms with Gasteiger partial charge in [-0.05, 0) is 30.7 Å². The van der Waals surface area contributed by atoms with Crippen LogP contribution in [0.1, 0.15) is 12.0 Å². The zero-order chi connectivity index (χ0) is 13.2. The van der Waals surface area contributed by atoms with E-state index in [0.29, 0.717) is 19.4 Å². The molecular formula is C12H14F3NO2. The van der Waals surface area contributed by atoms with Gasteiger partial charge in [-0.25, -0.2) is 0 Å². The smallest absolute Gasteiger partial charge is 0.406 e. The molecule has 0 aliphatic carbocycles. The van der Waals surface area contributed by atoms with Crippen molar-refractivity contribution in [2.75, 3.05) is 13.1 Å². The average Bonchev–Trinajstić information content (AvgIpc) is 2.66. The number of halogens is 3. The van der Waals surface area contributed by atoms with Gasteiger partial charge in [-0.2, -0.15) is 0 Å². The maximum absolute atomic E-state index is 12.0. The number of rotatable bonds is 3. The van der Waals surface area contributed by atoms with Crippen molar-refractivity contribution in [3.8, 4) is 5.75 Å². The van der Waals surface area contributed by atoms with E-state index >= 15 is 0 Å². The van der Waals surface area contributed by atoms with Gasteiger partial charge < -0.3 is 15.2 Å². The van der Waals surface area contributed by atoms with Gasteiger partial charge in [-0.15, -0.1) is 13.2 Å². The quantitative estimate of drug-likeness (QED) is 0.872. The Bertz CT molecular complexity index is 397. The Morgan fingerprint density at radius 3 is 2.44 bits per heavy atom. The summed E-state index contributed by atoms with van der Waals surface area (Å²) in [6.45, 7) is 1.26. The largest absolute Gasteiger partial charge is 0.573 e. The number of hydrogen-bond donors (Lipinski definition) is 2. The van der Waals surface area contributed by atoms with E-state index in [0.717, 1.165) is 12.1 Å². The van der Waals surface area contributed by atoms with Crippen LogP contribution in [0, 0.1) is 0 Å². The standard InChI is InChI=1S/C12H14F3NO2/c13-12(14,15)18-10-3-1-9(2-4-10)7-11(17)5-6-16-8-11/h1-4,16-17H,5-8H2. The van der Waals surface area contributed by atoms with Gasteiger partial charge in [-0.1, -0.05) is 12.1 Å². The second-order valence-electron chi connectivity index (χ2n) is 4.52. The maximum Gasteiger partial charge on any atom is 0.573 e. The summed E-state index contributed by atoms with van der Waals surface area (Å²) in [4.78, 5) is 0. The Morgan fingerprint density at radius 2 is 1.94 bits per heavy atom. The van der Waals surface area contributed by atoms with E-state index in [1.807, 2.05) is 0 Å². The molecule has 0 aromatic heterocycles. The van der Waals surface area contributed by atoms with Crippen LogP contribution in [0.15, 0.2) is 24.3 Å². The van der Waals surface area contributed by atoms with E-state index in [1.54, 1.807) is 0 Å². The third-order valence-corrected chi connectivity index (χ3v) is 2.91. The van der Waals surface area contributed by atoms with Crippen molar-refractivity contribution in [2.45, 2.75) is 24.8 Å². The highest BCUT2D eigenvalue weighted by molar-refractivity contribution is 5.28. The van der Waals surface area contributed by atoms with E-state index < -0.39 is 12.0 Å². The molecule has 3 nitrogen and oxygen atoms in total. The molecule has 6 heteroatoms. The minimum atomic E-state index is -4.67. The van der Waals surface area contributed by atoms with Crippen LogP contribution in [0.2, 0.25) is 0 Å². The lowest BCUT2D eigenvalue weighted by molar-refractivity contribution is -0.274. The lowest BCUT2D eigenvalue weighted by Gasteiger charge is -2.21. The summed E-state index contributed by atoms with van der Waals surface area (Å²) < 4.78 is 39.7. The van der Waals surface area contributed by atoms with Crippen LogP contribution in [0.25, 0.3) is 0 Å². The second-order valence-corrected chi connectivity index (χ2v) is 4.52. The lowest BCUT2D eigenvalue weighted by Crippen LogP contribution is -2.33. The summed E-state index contributed by atoms with van der Waals surface area (Å²) in [6, 6.07) is 5.60. The first kappa shape index (κ1) is 13.2. The second kappa shape index (κ2) is 4.78. The molecule has 1 atom stereocenters. The summed E-state index contributed by atoms with van der Waals surface area (Å²) in [5.74, 6) is -0.247. The normalized spacial score (nSPS) is 24.2. The summed E-state index contributed by atoms with van der Waals surface area (Å²) in [6.07, 6.45) is -3.60. The molecule has 0 radical (unpaired) electrons. The lowest BCUT2D eigenvalue weighted by atomic mass is 9.94. The van der Waals surface area contributed by atoms with Gasteiger partial charge in [0, 0.05) is 13.0 Å². The summed E-state index contributed by atoms with van der Waals surface area (Å²) >= 11 is 0. The predicted molar refractivity (Wildman–Crippen MR) is 59.3 cm³/mol. The van der Waals surface area contributed by atoms with Crippen LogP contribution < -0.4 is 10.1 Å². The molecule has 1 aliphatic heterocycles. The SMILES string of the molecule is OC1(Cc2ccc(OC(F)(F)F)cc2)CCNC1. The highest BCUT2D eigenvalue weighted by Crippen LogP contribution is 2.25. The molecular weight excluding hydrogens is 247 g/mol. The first-order chi connectivity index (χ1) is 8.36. The molecule has 0 amide bonds. The number of hydrogen-bond acceptors (Lipinski definition) is 3. The van der Waals surface area contributed by atoms with E-state index in [9.17, 15) is 18.3 Å². The van der Waals surface area contributed by atoms with E-state index in [4.69, 9.17) is 0 Å². The Hall–Kier alpha value is -1.27. The number of nitrogens with one attached hydrogen (secondary N) is 1. The van der Waals surface area contributed by atoms with Crippen molar-refractivity contribution in [1.29, 1.82) is 0 Å². The van der Waals surface area contributed by atoms with E-state index in [-0.39, 0.29) is 5.75 Å². The highest BCUT2D eigenvalue weighted by atomic mass is 19.4. The molecule has 1 heterocycles. The fourth-order valence-corrected chi connectivity index (χ4v) is 2.07. The van der Waals surface area contributed by atoms with Crippen LogP contribution >= 0.6 is 0 Å². The minimum Gasteiger partial charge on any atom is -0.406 e. The fraction of sp³-hybridized carbons (Fsp3) is 0.500. The van der Waals surface area contributed by atoms with E-state index in [2.05, 4.69) is 10.1 Å². The molecule has 1 unspecified atom stereocenters. The monoisotopic (exact) mass is 261 g/mol. The Balaban J connectivity index is 1.99. The van der Waals surface area contributed by atoms with Crippen LogP contribution in [0.5, 0.6) is 5.75 Å². The number of aliphatic hydroxyl groups is 1. The summed E-state index contributed by atoms with van der Waals surface area (Å²) in [5, 5.41) is 13.2. The molecule has 0 saturated carbocycles. The molecule has 100 valence electrons. The zero-order valence-electron chi connectivity index (χ0n) is 9.63. The first-order valence-corrected chi connectivity index (χ1v) is 5.64. The number of ether oxygens (including phenoxy) is 1.